The highest BCUT2D eigenvalue weighted by molar-refractivity contribution is 6.21. The summed E-state index contributed by atoms with van der Waals surface area (Å²) in [6.07, 6.45) is 3.80. The zero-order valence-electron chi connectivity index (χ0n) is 19.7. The molecule has 0 fully saturated rings. The maximum Gasteiger partial charge on any atom is 0.0346 e. The predicted molar refractivity (Wildman–Crippen MR) is 153 cm³/mol. The number of aromatic nitrogens is 1. The zero-order chi connectivity index (χ0) is 23.9. The van der Waals surface area contributed by atoms with E-state index >= 15 is 0 Å². The maximum absolute atomic E-state index is 4.36. The molecule has 0 aliphatic heterocycles. The van der Waals surface area contributed by atoms with Crippen molar-refractivity contribution in [1.82, 2.24) is 4.98 Å². The molecule has 1 nitrogen and oxygen atoms in total. The Morgan fingerprint density at radius 3 is 1.50 bits per heavy atom. The van der Waals surface area contributed by atoms with Gasteiger partial charge in [0.15, 0.2) is 0 Å². The number of fused-ring (bicyclic) bond motifs is 3. The molecular formula is C35H23N. The van der Waals surface area contributed by atoms with Crippen LogP contribution in [0, 0.1) is 0 Å². The van der Waals surface area contributed by atoms with Crippen LogP contribution in [0.5, 0.6) is 0 Å². The molecule has 0 radical (unpaired) electrons. The third-order valence-electron chi connectivity index (χ3n) is 7.14. The van der Waals surface area contributed by atoms with Gasteiger partial charge in [0.1, 0.15) is 0 Å². The van der Waals surface area contributed by atoms with E-state index in [-0.39, 0.29) is 0 Å². The summed E-state index contributed by atoms with van der Waals surface area (Å²) in [5.74, 6) is 0. The Kier molecular flexibility index (Phi) is 4.85. The van der Waals surface area contributed by atoms with E-state index in [1.165, 1.54) is 60.3 Å². The number of hydrogen-bond donors (Lipinski definition) is 0. The van der Waals surface area contributed by atoms with Gasteiger partial charge in [0, 0.05) is 17.8 Å². The van der Waals surface area contributed by atoms with Crippen molar-refractivity contribution in [1.29, 1.82) is 0 Å². The minimum atomic E-state index is 1.16. The van der Waals surface area contributed by atoms with Crippen LogP contribution in [-0.4, -0.2) is 4.98 Å². The number of nitrogens with zero attached hydrogens (tertiary/aromatic N) is 1. The lowest BCUT2D eigenvalue weighted by atomic mass is 9.85. The Balaban J connectivity index is 1.50. The fourth-order valence-electron chi connectivity index (χ4n) is 5.45. The molecule has 0 unspecified atom stereocenters. The topological polar surface area (TPSA) is 12.9 Å². The van der Waals surface area contributed by atoms with Crippen LogP contribution in [0.2, 0.25) is 0 Å². The number of benzene rings is 6. The number of hydrogen-bond acceptors (Lipinski definition) is 1. The second-order valence-electron chi connectivity index (χ2n) is 9.22. The molecule has 0 spiro atoms. The average Bonchev–Trinajstić information content (AvgIpc) is 2.96. The molecule has 6 aromatic carbocycles. The lowest BCUT2D eigenvalue weighted by Gasteiger charge is -2.18. The standard InChI is InChI=1S/C35H23N/c1-2-8-24(9-3-1)25-14-17-27(18-15-25)34-30-10-4-6-12-32(30)35(33-13-7-5-11-31(33)34)28-19-16-26-20-21-36-23-29(26)22-28/h1-23H. The molecule has 36 heavy (non-hydrogen) atoms. The first-order chi connectivity index (χ1) is 17.9. The first-order valence-corrected chi connectivity index (χ1v) is 12.3. The fourth-order valence-corrected chi connectivity index (χ4v) is 5.45. The number of rotatable bonds is 3. The third kappa shape index (κ3) is 3.37. The average molecular weight is 458 g/mol. The Morgan fingerprint density at radius 2 is 0.861 bits per heavy atom. The van der Waals surface area contributed by atoms with Crippen LogP contribution in [0.25, 0.3) is 65.7 Å². The van der Waals surface area contributed by atoms with Gasteiger partial charge >= 0.3 is 0 Å². The highest BCUT2D eigenvalue weighted by Gasteiger charge is 2.16. The van der Waals surface area contributed by atoms with Crippen molar-refractivity contribution in [2.45, 2.75) is 0 Å². The minimum Gasteiger partial charge on any atom is -0.264 e. The highest BCUT2D eigenvalue weighted by atomic mass is 14.6. The van der Waals surface area contributed by atoms with Gasteiger partial charge in [0.05, 0.1) is 0 Å². The summed E-state index contributed by atoms with van der Waals surface area (Å²) < 4.78 is 0. The van der Waals surface area contributed by atoms with Crippen LogP contribution in [-0.2, 0) is 0 Å². The maximum atomic E-state index is 4.36. The highest BCUT2D eigenvalue weighted by Crippen LogP contribution is 2.44. The quantitative estimate of drug-likeness (QED) is 0.241. The smallest absolute Gasteiger partial charge is 0.0346 e. The first-order valence-electron chi connectivity index (χ1n) is 12.3. The summed E-state index contributed by atoms with van der Waals surface area (Å²) in [7, 11) is 0. The summed E-state index contributed by atoms with van der Waals surface area (Å²) in [6, 6.07) is 45.9. The molecule has 168 valence electrons. The van der Waals surface area contributed by atoms with Crippen LogP contribution in [0.15, 0.2) is 140 Å². The van der Waals surface area contributed by atoms with Crippen LogP contribution < -0.4 is 0 Å². The molecule has 0 amide bonds. The molecule has 0 N–H and O–H groups in total. The van der Waals surface area contributed by atoms with Crippen LogP contribution in [0.4, 0.5) is 0 Å². The van der Waals surface area contributed by atoms with Crippen molar-refractivity contribution in [2.75, 3.05) is 0 Å². The Morgan fingerprint density at radius 1 is 0.361 bits per heavy atom. The van der Waals surface area contributed by atoms with Crippen molar-refractivity contribution in [2.24, 2.45) is 0 Å². The van der Waals surface area contributed by atoms with Gasteiger partial charge in [0.2, 0.25) is 0 Å². The van der Waals surface area contributed by atoms with Gasteiger partial charge < -0.3 is 0 Å². The molecule has 1 aromatic heterocycles. The Hall–Kier alpha value is -4.75. The van der Waals surface area contributed by atoms with E-state index in [1.807, 2.05) is 12.4 Å². The molecule has 7 rings (SSSR count). The molecular weight excluding hydrogens is 434 g/mol. The third-order valence-corrected chi connectivity index (χ3v) is 7.14. The zero-order valence-corrected chi connectivity index (χ0v) is 19.7. The second-order valence-corrected chi connectivity index (χ2v) is 9.22. The lowest BCUT2D eigenvalue weighted by molar-refractivity contribution is 1.36. The van der Waals surface area contributed by atoms with Crippen molar-refractivity contribution in [3.05, 3.63) is 140 Å². The van der Waals surface area contributed by atoms with Gasteiger partial charge in [-0.2, -0.15) is 0 Å². The molecule has 0 aliphatic carbocycles. The predicted octanol–water partition coefficient (Wildman–Crippen LogP) is 9.54. The van der Waals surface area contributed by atoms with Gasteiger partial charge in [0.25, 0.3) is 0 Å². The van der Waals surface area contributed by atoms with Gasteiger partial charge in [-0.05, 0) is 72.4 Å². The minimum absolute atomic E-state index is 1.16. The van der Waals surface area contributed by atoms with Gasteiger partial charge in [-0.3, -0.25) is 4.98 Å². The second kappa shape index (κ2) is 8.48. The van der Waals surface area contributed by atoms with E-state index in [4.69, 9.17) is 0 Å². The van der Waals surface area contributed by atoms with E-state index in [0.717, 1.165) is 5.39 Å². The molecule has 0 atom stereocenters. The van der Waals surface area contributed by atoms with Crippen molar-refractivity contribution < 1.29 is 0 Å². The molecule has 1 heterocycles. The van der Waals surface area contributed by atoms with Crippen molar-refractivity contribution in [3.63, 3.8) is 0 Å². The van der Waals surface area contributed by atoms with E-state index in [0.29, 0.717) is 0 Å². The fraction of sp³-hybridized carbons (Fsp3) is 0. The van der Waals surface area contributed by atoms with E-state index in [2.05, 4.69) is 132 Å². The monoisotopic (exact) mass is 457 g/mol. The van der Waals surface area contributed by atoms with E-state index in [1.54, 1.807) is 0 Å². The van der Waals surface area contributed by atoms with E-state index in [9.17, 15) is 0 Å². The molecule has 1 heteroatoms. The van der Waals surface area contributed by atoms with E-state index < -0.39 is 0 Å². The van der Waals surface area contributed by atoms with Crippen LogP contribution in [0.1, 0.15) is 0 Å². The lowest BCUT2D eigenvalue weighted by Crippen LogP contribution is -1.91. The first kappa shape index (κ1) is 20.6. The molecule has 7 aromatic rings. The Bertz CT molecular complexity index is 1810. The summed E-state index contributed by atoms with van der Waals surface area (Å²) in [5.41, 5.74) is 7.48. The summed E-state index contributed by atoms with van der Waals surface area (Å²) >= 11 is 0. The Labute approximate surface area is 210 Å². The number of pyridine rings is 1. The normalized spacial score (nSPS) is 11.3. The van der Waals surface area contributed by atoms with Crippen molar-refractivity contribution in [3.8, 4) is 33.4 Å². The van der Waals surface area contributed by atoms with Crippen LogP contribution >= 0.6 is 0 Å². The largest absolute Gasteiger partial charge is 0.264 e. The molecule has 0 aliphatic rings. The molecule has 0 saturated carbocycles. The SMILES string of the molecule is c1ccc(-c2ccc(-c3c4ccccc4c(-c4ccc5ccncc5c4)c4ccccc34)cc2)cc1. The van der Waals surface area contributed by atoms with Gasteiger partial charge in [-0.25, -0.2) is 0 Å². The van der Waals surface area contributed by atoms with Gasteiger partial charge in [-0.1, -0.05) is 115 Å². The molecule has 0 bridgehead atoms. The summed E-state index contributed by atoms with van der Waals surface area (Å²) in [5, 5.41) is 7.43. The summed E-state index contributed by atoms with van der Waals surface area (Å²) in [4.78, 5) is 4.36. The molecule has 0 saturated heterocycles. The van der Waals surface area contributed by atoms with Crippen molar-refractivity contribution >= 4 is 32.3 Å². The van der Waals surface area contributed by atoms with Crippen LogP contribution in [0.3, 0.4) is 0 Å². The van der Waals surface area contributed by atoms with Gasteiger partial charge in [-0.15, -0.1) is 0 Å². The summed E-state index contributed by atoms with van der Waals surface area (Å²) in [6.45, 7) is 0.